The van der Waals surface area contributed by atoms with Crippen LogP contribution in [-0.4, -0.2) is 26.3 Å². The van der Waals surface area contributed by atoms with Crippen LogP contribution in [0.1, 0.15) is 12.8 Å². The molecule has 0 amide bonds. The minimum absolute atomic E-state index is 0.326. The molecule has 1 heterocycles. The predicted octanol–water partition coefficient (Wildman–Crippen LogP) is 1.43. The Morgan fingerprint density at radius 2 is 2.43 bits per heavy atom. The number of nitrogens with zero attached hydrogens (tertiary/aromatic N) is 2. The lowest BCUT2D eigenvalue weighted by Crippen LogP contribution is -2.18. The number of aliphatic carboxylic acids is 1. The fourth-order valence-corrected chi connectivity index (χ4v) is 2.30. The Bertz CT molecular complexity index is 327. The molecule has 4 nitrogen and oxygen atoms in total. The minimum Gasteiger partial charge on any atom is -0.480 e. The van der Waals surface area contributed by atoms with Crippen LogP contribution in [0, 0.1) is 5.92 Å². The lowest BCUT2D eigenvalue weighted by molar-refractivity contribution is -0.136. The molecule has 1 aromatic rings. The maximum absolute atomic E-state index is 10.9. The van der Waals surface area contributed by atoms with Crippen molar-refractivity contribution in [3.8, 4) is 0 Å². The van der Waals surface area contributed by atoms with Gasteiger partial charge in [0.15, 0.2) is 0 Å². The van der Waals surface area contributed by atoms with E-state index in [0.717, 1.165) is 17.9 Å². The fourth-order valence-electron chi connectivity index (χ4n) is 1.23. The second-order valence-corrected chi connectivity index (χ2v) is 4.42. The van der Waals surface area contributed by atoms with Gasteiger partial charge in [0.05, 0.1) is 0 Å². The van der Waals surface area contributed by atoms with Crippen LogP contribution < -0.4 is 0 Å². The van der Waals surface area contributed by atoms with Crippen LogP contribution in [0.4, 0.5) is 0 Å². The maximum Gasteiger partial charge on any atom is 0.317 e. The standard InChI is InChI=1S/C9H10N2O2S/c12-9(13)8(6-1-2-6)14-7-3-4-10-5-11-7/h3-6,8H,1-2H2,(H,12,13). The third-order valence-electron chi connectivity index (χ3n) is 2.10. The molecule has 1 aliphatic carbocycles. The summed E-state index contributed by atoms with van der Waals surface area (Å²) in [4.78, 5) is 18.7. The third kappa shape index (κ3) is 2.23. The van der Waals surface area contributed by atoms with Gasteiger partial charge in [-0.05, 0) is 24.8 Å². The average molecular weight is 210 g/mol. The van der Waals surface area contributed by atoms with Gasteiger partial charge >= 0.3 is 5.97 Å². The third-order valence-corrected chi connectivity index (χ3v) is 3.42. The van der Waals surface area contributed by atoms with E-state index in [1.165, 1.54) is 18.1 Å². The van der Waals surface area contributed by atoms with Crippen LogP contribution in [0.5, 0.6) is 0 Å². The first-order chi connectivity index (χ1) is 6.77. The van der Waals surface area contributed by atoms with Gasteiger partial charge in [0.25, 0.3) is 0 Å². The van der Waals surface area contributed by atoms with Crippen LogP contribution in [0.15, 0.2) is 23.6 Å². The lowest BCUT2D eigenvalue weighted by atomic mass is 10.3. The molecular formula is C9H10N2O2S. The number of hydrogen-bond acceptors (Lipinski definition) is 4. The van der Waals surface area contributed by atoms with E-state index >= 15 is 0 Å². The molecule has 0 aliphatic heterocycles. The first kappa shape index (κ1) is 9.45. The monoisotopic (exact) mass is 210 g/mol. The van der Waals surface area contributed by atoms with E-state index in [-0.39, 0.29) is 5.25 Å². The highest BCUT2D eigenvalue weighted by Crippen LogP contribution is 2.41. The first-order valence-corrected chi connectivity index (χ1v) is 5.31. The number of hydrogen-bond donors (Lipinski definition) is 1. The summed E-state index contributed by atoms with van der Waals surface area (Å²) < 4.78 is 0. The zero-order chi connectivity index (χ0) is 9.97. The van der Waals surface area contributed by atoms with Gasteiger partial charge in [0.2, 0.25) is 0 Å². The summed E-state index contributed by atoms with van der Waals surface area (Å²) in [5.74, 6) is -0.413. The summed E-state index contributed by atoms with van der Waals surface area (Å²) in [6.07, 6.45) is 5.11. The van der Waals surface area contributed by atoms with Crippen molar-refractivity contribution in [3.63, 3.8) is 0 Å². The highest BCUT2D eigenvalue weighted by Gasteiger charge is 2.37. The van der Waals surface area contributed by atoms with Gasteiger partial charge in [-0.15, -0.1) is 0 Å². The largest absolute Gasteiger partial charge is 0.480 e. The van der Waals surface area contributed by atoms with Crippen molar-refractivity contribution < 1.29 is 9.90 Å². The molecule has 1 saturated carbocycles. The van der Waals surface area contributed by atoms with Crippen molar-refractivity contribution in [3.05, 3.63) is 18.6 Å². The second kappa shape index (κ2) is 3.96. The van der Waals surface area contributed by atoms with Crippen molar-refractivity contribution in [2.24, 2.45) is 5.92 Å². The Morgan fingerprint density at radius 1 is 1.64 bits per heavy atom. The Kier molecular flexibility index (Phi) is 2.67. The molecule has 1 fully saturated rings. The van der Waals surface area contributed by atoms with Gasteiger partial charge in [0.1, 0.15) is 16.6 Å². The first-order valence-electron chi connectivity index (χ1n) is 4.43. The summed E-state index contributed by atoms with van der Waals surface area (Å²) in [6.45, 7) is 0. The van der Waals surface area contributed by atoms with E-state index < -0.39 is 5.97 Å². The summed E-state index contributed by atoms with van der Waals surface area (Å²) in [6, 6.07) is 1.74. The molecule has 0 saturated heterocycles. The summed E-state index contributed by atoms with van der Waals surface area (Å²) in [5, 5.41) is 9.37. The summed E-state index contributed by atoms with van der Waals surface area (Å²) in [5.41, 5.74) is 0. The van der Waals surface area contributed by atoms with Gasteiger partial charge in [-0.3, -0.25) is 4.79 Å². The zero-order valence-electron chi connectivity index (χ0n) is 7.46. The smallest absolute Gasteiger partial charge is 0.317 e. The number of carboxylic acid groups (broad SMARTS) is 1. The number of rotatable bonds is 4. The Hall–Kier alpha value is -1.10. The highest BCUT2D eigenvalue weighted by atomic mass is 32.2. The van der Waals surface area contributed by atoms with E-state index in [1.54, 1.807) is 12.3 Å². The molecule has 0 bridgehead atoms. The number of carbonyl (C=O) groups is 1. The van der Waals surface area contributed by atoms with E-state index in [2.05, 4.69) is 9.97 Å². The van der Waals surface area contributed by atoms with Gasteiger partial charge in [-0.2, -0.15) is 0 Å². The van der Waals surface area contributed by atoms with Crippen molar-refractivity contribution in [2.45, 2.75) is 23.1 Å². The quantitative estimate of drug-likeness (QED) is 0.601. The van der Waals surface area contributed by atoms with E-state index in [0.29, 0.717) is 5.92 Å². The molecule has 1 N–H and O–H groups in total. The molecule has 1 aromatic heterocycles. The maximum atomic E-state index is 10.9. The second-order valence-electron chi connectivity index (χ2n) is 3.26. The molecule has 0 radical (unpaired) electrons. The zero-order valence-corrected chi connectivity index (χ0v) is 8.28. The predicted molar refractivity (Wildman–Crippen MR) is 52.0 cm³/mol. The lowest BCUT2D eigenvalue weighted by Gasteiger charge is -2.08. The SMILES string of the molecule is O=C(O)C(Sc1ccncn1)C1CC1. The van der Waals surface area contributed by atoms with Crippen molar-refractivity contribution in [1.29, 1.82) is 0 Å². The van der Waals surface area contributed by atoms with Gasteiger partial charge < -0.3 is 5.11 Å². The molecule has 74 valence electrons. The molecule has 1 aliphatic rings. The fraction of sp³-hybridized carbons (Fsp3) is 0.444. The molecule has 14 heavy (non-hydrogen) atoms. The van der Waals surface area contributed by atoms with Gasteiger partial charge in [-0.1, -0.05) is 11.8 Å². The van der Waals surface area contributed by atoms with Crippen molar-refractivity contribution >= 4 is 17.7 Å². The van der Waals surface area contributed by atoms with E-state index in [4.69, 9.17) is 5.11 Å². The molecule has 2 rings (SSSR count). The van der Waals surface area contributed by atoms with Gasteiger partial charge in [-0.25, -0.2) is 9.97 Å². The molecule has 1 atom stereocenters. The van der Waals surface area contributed by atoms with E-state index in [1.807, 2.05) is 0 Å². The van der Waals surface area contributed by atoms with Crippen LogP contribution in [0.2, 0.25) is 0 Å². The van der Waals surface area contributed by atoms with Crippen LogP contribution in [-0.2, 0) is 4.79 Å². The van der Waals surface area contributed by atoms with Crippen LogP contribution in [0.3, 0.4) is 0 Å². The van der Waals surface area contributed by atoms with Gasteiger partial charge in [0, 0.05) is 6.20 Å². The average Bonchev–Trinajstić information content (AvgIpc) is 2.99. The summed E-state index contributed by atoms with van der Waals surface area (Å²) in [7, 11) is 0. The van der Waals surface area contributed by atoms with Crippen molar-refractivity contribution in [1.82, 2.24) is 9.97 Å². The van der Waals surface area contributed by atoms with E-state index in [9.17, 15) is 4.79 Å². The minimum atomic E-state index is -0.740. The Labute approximate surface area is 85.8 Å². The molecule has 0 aromatic carbocycles. The molecule has 1 unspecified atom stereocenters. The number of carboxylic acids is 1. The van der Waals surface area contributed by atoms with Crippen molar-refractivity contribution in [2.75, 3.05) is 0 Å². The topological polar surface area (TPSA) is 63.1 Å². The van der Waals surface area contributed by atoms with Crippen LogP contribution >= 0.6 is 11.8 Å². The van der Waals surface area contributed by atoms with Crippen LogP contribution in [0.25, 0.3) is 0 Å². The molecule has 0 spiro atoms. The number of thioether (sulfide) groups is 1. The highest BCUT2D eigenvalue weighted by molar-refractivity contribution is 8.00. The number of aromatic nitrogens is 2. The summed E-state index contributed by atoms with van der Waals surface area (Å²) >= 11 is 1.32. The Balaban J connectivity index is 2.04. The molecule has 5 heteroatoms. The normalized spacial score (nSPS) is 17.7. The molecular weight excluding hydrogens is 200 g/mol. The Morgan fingerprint density at radius 3 is 2.93 bits per heavy atom.